The number of para-hydroxylation sites is 2. The van der Waals surface area contributed by atoms with Crippen LogP contribution in [-0.2, 0) is 14.5 Å². The van der Waals surface area contributed by atoms with Crippen LogP contribution in [0.25, 0.3) is 0 Å². The van der Waals surface area contributed by atoms with Gasteiger partial charge in [0.2, 0.25) is 10.8 Å². The average molecular weight is 500 g/mol. The van der Waals surface area contributed by atoms with Gasteiger partial charge in [0.05, 0.1) is 37.6 Å². The summed E-state index contributed by atoms with van der Waals surface area (Å²) in [5.41, 5.74) is 6.18. The van der Waals surface area contributed by atoms with Gasteiger partial charge in [0, 0.05) is 16.9 Å². The fourth-order valence-electron chi connectivity index (χ4n) is 5.68. The van der Waals surface area contributed by atoms with Crippen LogP contribution in [0.2, 0.25) is 0 Å². The van der Waals surface area contributed by atoms with Crippen LogP contribution < -0.4 is 19.6 Å². The van der Waals surface area contributed by atoms with Crippen LogP contribution in [0.5, 0.6) is 0 Å². The van der Waals surface area contributed by atoms with Crippen LogP contribution in [0.3, 0.4) is 0 Å². The highest BCUT2D eigenvalue weighted by molar-refractivity contribution is 8.02. The van der Waals surface area contributed by atoms with Crippen LogP contribution >= 0.6 is 11.8 Å². The Labute approximate surface area is 216 Å². The first-order valence-corrected chi connectivity index (χ1v) is 13.6. The van der Waals surface area contributed by atoms with Gasteiger partial charge >= 0.3 is 0 Å². The number of nitrogens with zero attached hydrogens (tertiary/aromatic N) is 3. The first-order chi connectivity index (χ1) is 17.5. The van der Waals surface area contributed by atoms with Crippen molar-refractivity contribution in [2.24, 2.45) is 0 Å². The van der Waals surface area contributed by atoms with Gasteiger partial charge in [0.1, 0.15) is 0 Å². The summed E-state index contributed by atoms with van der Waals surface area (Å²) in [7, 11) is 0. The number of rotatable bonds is 4. The minimum absolute atomic E-state index is 0.00392. The van der Waals surface area contributed by atoms with Crippen LogP contribution in [-0.4, -0.2) is 50.4 Å². The molecule has 0 bridgehead atoms. The molecule has 6 nitrogen and oxygen atoms in total. The minimum Gasteiger partial charge on any atom is -0.360 e. The van der Waals surface area contributed by atoms with Crippen LogP contribution in [0.4, 0.5) is 17.1 Å². The van der Waals surface area contributed by atoms with E-state index in [4.69, 9.17) is 0 Å². The number of fused-ring (bicyclic) bond motifs is 2. The predicted octanol–water partition coefficient (Wildman–Crippen LogP) is 2.95. The van der Waals surface area contributed by atoms with E-state index in [2.05, 4.69) is 36.1 Å². The van der Waals surface area contributed by atoms with Crippen molar-refractivity contribution in [3.8, 4) is 0 Å². The molecule has 2 fully saturated rings. The molecule has 3 aliphatic rings. The molecule has 36 heavy (non-hydrogen) atoms. The number of hydrogen-bond donors (Lipinski definition) is 1. The number of nitrogens with one attached hydrogen (secondary N) is 1. The van der Waals surface area contributed by atoms with Gasteiger partial charge in [-0.25, -0.2) is 0 Å². The number of aryl methyl sites for hydroxylation is 2. The van der Waals surface area contributed by atoms with Crippen LogP contribution in [0, 0.1) is 13.8 Å². The molecular formula is C29H31N4O2S+. The second-order valence-electron chi connectivity index (χ2n) is 9.91. The van der Waals surface area contributed by atoms with Crippen molar-refractivity contribution < 1.29 is 14.5 Å². The lowest BCUT2D eigenvalue weighted by molar-refractivity contribution is -0.899. The van der Waals surface area contributed by atoms with E-state index in [-0.39, 0.29) is 11.8 Å². The van der Waals surface area contributed by atoms with E-state index in [1.165, 1.54) is 27.9 Å². The molecule has 0 unspecified atom stereocenters. The molecule has 0 aliphatic carbocycles. The summed E-state index contributed by atoms with van der Waals surface area (Å²) in [6.07, 6.45) is 0. The van der Waals surface area contributed by atoms with Crippen molar-refractivity contribution in [1.29, 1.82) is 0 Å². The maximum absolute atomic E-state index is 14.3. The first kappa shape index (κ1) is 23.1. The zero-order valence-electron chi connectivity index (χ0n) is 20.7. The number of hydrogen-bond acceptors (Lipinski definition) is 4. The maximum Gasteiger partial charge on any atom is 0.273 e. The highest BCUT2D eigenvalue weighted by Crippen LogP contribution is 2.55. The van der Waals surface area contributed by atoms with Crippen molar-refractivity contribution in [1.82, 2.24) is 0 Å². The number of piperazine rings is 1. The maximum atomic E-state index is 14.3. The molecule has 2 saturated heterocycles. The Balaban J connectivity index is 1.29. The van der Waals surface area contributed by atoms with E-state index in [1.807, 2.05) is 60.4 Å². The number of amides is 2. The molecule has 0 aromatic heterocycles. The summed E-state index contributed by atoms with van der Waals surface area (Å²) in [4.78, 5) is 34.0. The van der Waals surface area contributed by atoms with E-state index in [1.54, 1.807) is 4.90 Å². The molecule has 1 spiro atoms. The average Bonchev–Trinajstić information content (AvgIpc) is 3.37. The van der Waals surface area contributed by atoms with Crippen LogP contribution in [0.15, 0.2) is 72.8 Å². The molecule has 7 heteroatoms. The second-order valence-corrected chi connectivity index (χ2v) is 11.1. The third-order valence-corrected chi connectivity index (χ3v) is 9.17. The highest BCUT2D eigenvalue weighted by atomic mass is 32.2. The Hall–Kier alpha value is -3.29. The Morgan fingerprint density at radius 2 is 1.58 bits per heavy atom. The number of carbonyl (C=O) groups is 2. The van der Waals surface area contributed by atoms with E-state index in [0.29, 0.717) is 12.4 Å². The number of anilines is 3. The zero-order chi connectivity index (χ0) is 24.9. The fraction of sp³-hybridized carbons (Fsp3) is 0.310. The molecule has 3 aliphatic heterocycles. The van der Waals surface area contributed by atoms with Gasteiger partial charge in [0.15, 0.2) is 6.67 Å². The Morgan fingerprint density at radius 3 is 2.33 bits per heavy atom. The summed E-state index contributed by atoms with van der Waals surface area (Å²) in [5, 5.41) is 0. The van der Waals surface area contributed by atoms with Gasteiger partial charge in [-0.1, -0.05) is 42.5 Å². The van der Waals surface area contributed by atoms with Crippen molar-refractivity contribution in [3.05, 3.63) is 89.5 Å². The minimum atomic E-state index is -1.04. The third kappa shape index (κ3) is 3.61. The molecule has 2 amide bonds. The lowest BCUT2D eigenvalue weighted by atomic mass is 10.0. The number of carbonyl (C=O) groups excluding carboxylic acids is 2. The molecule has 0 saturated carbocycles. The van der Waals surface area contributed by atoms with E-state index in [9.17, 15) is 9.59 Å². The molecule has 1 N–H and O–H groups in total. The largest absolute Gasteiger partial charge is 0.360 e. The second kappa shape index (κ2) is 8.98. The summed E-state index contributed by atoms with van der Waals surface area (Å²) >= 11 is 1.46. The predicted molar refractivity (Wildman–Crippen MR) is 146 cm³/mol. The van der Waals surface area contributed by atoms with Gasteiger partial charge in [-0.2, -0.15) is 0 Å². The Bertz CT molecular complexity index is 1320. The van der Waals surface area contributed by atoms with Gasteiger partial charge < -0.3 is 9.80 Å². The fourth-order valence-corrected chi connectivity index (χ4v) is 7.04. The topological polar surface area (TPSA) is 48.3 Å². The quantitative estimate of drug-likeness (QED) is 0.600. The lowest BCUT2D eigenvalue weighted by Crippen LogP contribution is -3.16. The van der Waals surface area contributed by atoms with Gasteiger partial charge in [0.25, 0.3) is 5.91 Å². The van der Waals surface area contributed by atoms with Gasteiger partial charge in [-0.15, -0.1) is 11.8 Å². The number of quaternary nitrogens is 1. The molecule has 0 radical (unpaired) electrons. The number of benzene rings is 3. The van der Waals surface area contributed by atoms with Gasteiger partial charge in [-0.05, 0) is 55.3 Å². The molecular weight excluding hydrogens is 468 g/mol. The zero-order valence-corrected chi connectivity index (χ0v) is 21.6. The monoisotopic (exact) mass is 499 g/mol. The third-order valence-electron chi connectivity index (χ3n) is 7.79. The highest BCUT2D eigenvalue weighted by Gasteiger charge is 2.61. The standard InChI is InChI=1S/C29H30N4O2S/c1-21-12-13-24(18-22(21)2)33-27(34)19-36-29(33)25-10-6-7-11-26(25)32(28(29)35)20-30-14-16-31(17-15-30)23-8-4-3-5-9-23/h3-13,18H,14-17,19-20H2,1-2H3/p+1/t29-/m1/s1. The molecule has 3 heterocycles. The summed E-state index contributed by atoms with van der Waals surface area (Å²) in [6.45, 7) is 8.55. The van der Waals surface area contributed by atoms with E-state index in [0.717, 1.165) is 48.7 Å². The summed E-state index contributed by atoms with van der Waals surface area (Å²) in [6, 6.07) is 24.6. The molecule has 1 atom stereocenters. The Kier molecular flexibility index (Phi) is 5.77. The molecule has 6 rings (SSSR count). The van der Waals surface area contributed by atoms with E-state index < -0.39 is 4.87 Å². The molecule has 3 aromatic rings. The van der Waals surface area contributed by atoms with Crippen molar-refractivity contribution in [3.63, 3.8) is 0 Å². The van der Waals surface area contributed by atoms with Gasteiger partial charge in [-0.3, -0.25) is 19.4 Å². The summed E-state index contributed by atoms with van der Waals surface area (Å²) < 4.78 is 0. The van der Waals surface area contributed by atoms with Crippen molar-refractivity contribution in [2.45, 2.75) is 18.7 Å². The SMILES string of the molecule is Cc1ccc(N2C(=O)CS[C@]23C(=O)N(C[NH+]2CCN(c4ccccc4)CC2)c2ccccc23)cc1C. The summed E-state index contributed by atoms with van der Waals surface area (Å²) in [5.74, 6) is 0.275. The smallest absolute Gasteiger partial charge is 0.273 e. The van der Waals surface area contributed by atoms with Crippen molar-refractivity contribution >= 4 is 40.6 Å². The van der Waals surface area contributed by atoms with Crippen LogP contribution in [0.1, 0.15) is 16.7 Å². The molecule has 184 valence electrons. The number of thioether (sulfide) groups is 1. The van der Waals surface area contributed by atoms with Crippen molar-refractivity contribution in [2.75, 3.05) is 53.3 Å². The first-order valence-electron chi connectivity index (χ1n) is 12.6. The normalized spacial score (nSPS) is 22.1. The Morgan fingerprint density at radius 1 is 0.861 bits per heavy atom. The lowest BCUT2D eigenvalue weighted by Gasteiger charge is -2.36. The van der Waals surface area contributed by atoms with E-state index >= 15 is 0 Å². The molecule has 3 aromatic carbocycles.